The molecule has 0 bridgehead atoms. The Morgan fingerprint density at radius 1 is 0.741 bits per heavy atom. The summed E-state index contributed by atoms with van der Waals surface area (Å²) in [6.45, 7) is 5.13. The Morgan fingerprint density at radius 3 is 1.52 bits per heavy atom. The lowest BCUT2D eigenvalue weighted by Crippen LogP contribution is -2.34. The summed E-state index contributed by atoms with van der Waals surface area (Å²) in [6, 6.07) is 12.0. The fraction of sp³-hybridized carbons (Fsp3) is 0.455. The topological polar surface area (TPSA) is 46.2 Å². The van der Waals surface area contributed by atoms with Crippen molar-refractivity contribution in [1.82, 2.24) is 0 Å². The van der Waals surface area contributed by atoms with Crippen molar-refractivity contribution < 1.29 is 23.7 Å². The summed E-state index contributed by atoms with van der Waals surface area (Å²) in [4.78, 5) is 0. The minimum Gasteiger partial charge on any atom is -0.493 e. The van der Waals surface area contributed by atoms with Crippen molar-refractivity contribution in [3.05, 3.63) is 47.5 Å². The Hall–Kier alpha value is -2.40. The van der Waals surface area contributed by atoms with Gasteiger partial charge in [0.2, 0.25) is 0 Å². The monoisotopic (exact) mass is 372 g/mol. The molecule has 2 atom stereocenters. The van der Waals surface area contributed by atoms with E-state index >= 15 is 0 Å². The molecule has 0 unspecified atom stereocenters. The third kappa shape index (κ3) is 3.10. The fourth-order valence-corrected chi connectivity index (χ4v) is 3.93. The normalized spacial score (nSPS) is 21.0. The van der Waals surface area contributed by atoms with Crippen LogP contribution in [-0.2, 0) is 10.3 Å². The van der Waals surface area contributed by atoms with Crippen LogP contribution in [0.2, 0.25) is 0 Å². The molecule has 1 saturated heterocycles. The van der Waals surface area contributed by atoms with E-state index in [4.69, 9.17) is 23.7 Å². The average molecular weight is 372 g/mol. The number of hydrogen-bond acceptors (Lipinski definition) is 5. The first kappa shape index (κ1) is 19.4. The van der Waals surface area contributed by atoms with Crippen molar-refractivity contribution in [3.8, 4) is 23.0 Å². The average Bonchev–Trinajstić information content (AvgIpc) is 3.02. The molecule has 5 heteroatoms. The van der Waals surface area contributed by atoms with Gasteiger partial charge in [-0.1, -0.05) is 26.0 Å². The molecule has 0 saturated carbocycles. The second-order valence-electron chi connectivity index (χ2n) is 6.95. The summed E-state index contributed by atoms with van der Waals surface area (Å²) in [5, 5.41) is 0. The van der Waals surface area contributed by atoms with E-state index in [2.05, 4.69) is 13.8 Å². The van der Waals surface area contributed by atoms with Crippen molar-refractivity contribution in [2.45, 2.75) is 19.4 Å². The molecule has 0 amide bonds. The Bertz CT molecular complexity index is 746. The summed E-state index contributed by atoms with van der Waals surface area (Å²) in [5.74, 6) is 3.43. The molecule has 0 aliphatic carbocycles. The Kier molecular flexibility index (Phi) is 5.51. The molecular weight excluding hydrogens is 344 g/mol. The quantitative estimate of drug-likeness (QED) is 0.758. The highest BCUT2D eigenvalue weighted by Gasteiger charge is 2.49. The van der Waals surface area contributed by atoms with Crippen LogP contribution in [0.15, 0.2) is 36.4 Å². The maximum absolute atomic E-state index is 6.49. The standard InChI is InChI=1S/C22H28O5/c1-14-13-27-22(15(14)2,16-7-9-18(23-3)20(11-16)25-5)17-8-10-19(24-4)21(12-17)26-6/h7-12,14-15H,13H2,1-6H3/t14-,15+/m0/s1. The molecule has 0 N–H and O–H groups in total. The fourth-order valence-electron chi connectivity index (χ4n) is 3.93. The predicted octanol–water partition coefficient (Wildman–Crippen LogP) is 4.27. The van der Waals surface area contributed by atoms with Crippen LogP contribution in [0.4, 0.5) is 0 Å². The lowest BCUT2D eigenvalue weighted by atomic mass is 9.74. The Labute approximate surface area is 161 Å². The van der Waals surface area contributed by atoms with Crippen molar-refractivity contribution in [2.75, 3.05) is 35.0 Å². The number of ether oxygens (including phenoxy) is 5. The van der Waals surface area contributed by atoms with Gasteiger partial charge < -0.3 is 23.7 Å². The Balaban J connectivity index is 2.20. The summed E-state index contributed by atoms with van der Waals surface area (Å²) in [7, 11) is 6.56. The van der Waals surface area contributed by atoms with Crippen LogP contribution in [0.1, 0.15) is 25.0 Å². The van der Waals surface area contributed by atoms with E-state index in [-0.39, 0.29) is 5.92 Å². The highest BCUT2D eigenvalue weighted by atomic mass is 16.5. The molecule has 1 aliphatic heterocycles. The third-order valence-corrected chi connectivity index (χ3v) is 5.69. The molecule has 3 rings (SSSR count). The molecule has 0 aromatic heterocycles. The minimum absolute atomic E-state index is 0.258. The second-order valence-corrected chi connectivity index (χ2v) is 6.95. The maximum Gasteiger partial charge on any atom is 0.161 e. The molecular formula is C22H28O5. The van der Waals surface area contributed by atoms with E-state index in [0.717, 1.165) is 11.1 Å². The van der Waals surface area contributed by atoms with E-state index < -0.39 is 5.60 Å². The van der Waals surface area contributed by atoms with Crippen LogP contribution in [-0.4, -0.2) is 35.0 Å². The highest BCUT2D eigenvalue weighted by Crippen LogP contribution is 2.51. The first-order valence-electron chi connectivity index (χ1n) is 9.10. The van der Waals surface area contributed by atoms with Gasteiger partial charge in [-0.05, 0) is 47.2 Å². The van der Waals surface area contributed by atoms with Crippen molar-refractivity contribution >= 4 is 0 Å². The molecule has 1 fully saturated rings. The zero-order chi connectivity index (χ0) is 19.6. The van der Waals surface area contributed by atoms with Gasteiger partial charge in [0.25, 0.3) is 0 Å². The van der Waals surface area contributed by atoms with Crippen LogP contribution in [0.25, 0.3) is 0 Å². The molecule has 146 valence electrons. The largest absolute Gasteiger partial charge is 0.493 e. The van der Waals surface area contributed by atoms with Gasteiger partial charge in [0.05, 0.1) is 35.0 Å². The first-order chi connectivity index (χ1) is 13.0. The molecule has 1 aliphatic rings. The maximum atomic E-state index is 6.49. The van der Waals surface area contributed by atoms with Gasteiger partial charge in [-0.2, -0.15) is 0 Å². The van der Waals surface area contributed by atoms with Gasteiger partial charge in [0.15, 0.2) is 23.0 Å². The van der Waals surface area contributed by atoms with E-state index in [1.165, 1.54) is 0 Å². The van der Waals surface area contributed by atoms with Crippen LogP contribution in [0.3, 0.4) is 0 Å². The number of methoxy groups -OCH3 is 4. The number of hydrogen-bond donors (Lipinski definition) is 0. The first-order valence-corrected chi connectivity index (χ1v) is 9.10. The van der Waals surface area contributed by atoms with Crippen molar-refractivity contribution in [3.63, 3.8) is 0 Å². The van der Waals surface area contributed by atoms with E-state index in [0.29, 0.717) is 35.5 Å². The lowest BCUT2D eigenvalue weighted by molar-refractivity contribution is 0.0137. The molecule has 2 aromatic rings. The second kappa shape index (κ2) is 7.69. The van der Waals surface area contributed by atoms with Gasteiger partial charge in [0.1, 0.15) is 5.60 Å². The van der Waals surface area contributed by atoms with Gasteiger partial charge in [-0.15, -0.1) is 0 Å². The van der Waals surface area contributed by atoms with Crippen LogP contribution >= 0.6 is 0 Å². The molecule has 2 aromatic carbocycles. The lowest BCUT2D eigenvalue weighted by Gasteiger charge is -2.35. The van der Waals surface area contributed by atoms with Gasteiger partial charge in [-0.3, -0.25) is 0 Å². The minimum atomic E-state index is -0.599. The SMILES string of the molecule is COc1ccc(C2(c3ccc(OC)c(OC)c3)OC[C@H](C)[C@H]2C)cc1OC. The van der Waals surface area contributed by atoms with Gasteiger partial charge in [-0.25, -0.2) is 0 Å². The third-order valence-electron chi connectivity index (χ3n) is 5.69. The van der Waals surface area contributed by atoms with E-state index in [1.807, 2.05) is 36.4 Å². The summed E-state index contributed by atoms with van der Waals surface area (Å²) < 4.78 is 28.4. The zero-order valence-corrected chi connectivity index (χ0v) is 16.9. The molecule has 1 heterocycles. The van der Waals surface area contributed by atoms with Crippen LogP contribution in [0.5, 0.6) is 23.0 Å². The smallest absolute Gasteiger partial charge is 0.161 e. The summed E-state index contributed by atoms with van der Waals surface area (Å²) in [5.41, 5.74) is 1.46. The van der Waals surface area contributed by atoms with Crippen LogP contribution < -0.4 is 18.9 Å². The number of rotatable bonds is 6. The number of benzene rings is 2. The van der Waals surface area contributed by atoms with E-state index in [9.17, 15) is 0 Å². The van der Waals surface area contributed by atoms with Crippen molar-refractivity contribution in [2.24, 2.45) is 11.8 Å². The zero-order valence-electron chi connectivity index (χ0n) is 16.9. The molecule has 5 nitrogen and oxygen atoms in total. The van der Waals surface area contributed by atoms with Gasteiger partial charge in [0, 0.05) is 0 Å². The highest BCUT2D eigenvalue weighted by molar-refractivity contribution is 5.52. The van der Waals surface area contributed by atoms with E-state index in [1.54, 1.807) is 28.4 Å². The van der Waals surface area contributed by atoms with Crippen molar-refractivity contribution in [1.29, 1.82) is 0 Å². The molecule has 0 radical (unpaired) electrons. The van der Waals surface area contributed by atoms with Gasteiger partial charge >= 0.3 is 0 Å². The predicted molar refractivity (Wildman–Crippen MR) is 104 cm³/mol. The summed E-state index contributed by atoms with van der Waals surface area (Å²) in [6.07, 6.45) is 0. The summed E-state index contributed by atoms with van der Waals surface area (Å²) >= 11 is 0. The molecule has 27 heavy (non-hydrogen) atoms. The Morgan fingerprint density at radius 2 is 1.19 bits per heavy atom. The van der Waals surface area contributed by atoms with Crippen LogP contribution in [0, 0.1) is 11.8 Å². The molecule has 0 spiro atoms.